The Bertz CT molecular complexity index is 393. The van der Waals surface area contributed by atoms with Crippen LogP contribution in [0.1, 0.15) is 29.8 Å². The molecule has 0 aromatic heterocycles. The largest absolute Gasteiger partial charge is 0.508 e. The molecule has 0 heterocycles. The summed E-state index contributed by atoms with van der Waals surface area (Å²) in [7, 11) is 0. The van der Waals surface area contributed by atoms with Crippen LogP contribution in [-0.4, -0.2) is 28.6 Å². The number of hydrogen-bond donors (Lipinski definition) is 2. The van der Waals surface area contributed by atoms with Crippen molar-refractivity contribution >= 4 is 17.7 Å². The third-order valence-corrected chi connectivity index (χ3v) is 3.55. The molecule has 1 aromatic carbocycles. The second kappa shape index (κ2) is 6.55. The molecule has 1 unspecified atom stereocenters. The van der Waals surface area contributed by atoms with Gasteiger partial charge in [-0.15, -0.1) is 0 Å². The molecule has 0 spiro atoms. The lowest BCUT2D eigenvalue weighted by Gasteiger charge is -2.14. The highest BCUT2D eigenvalue weighted by molar-refractivity contribution is 7.99. The summed E-state index contributed by atoms with van der Waals surface area (Å²) in [5.74, 6) is 2.08. The zero-order chi connectivity index (χ0) is 12.8. The summed E-state index contributed by atoms with van der Waals surface area (Å²) in [5.41, 5.74) is 1.41. The van der Waals surface area contributed by atoms with Crippen molar-refractivity contribution in [3.05, 3.63) is 29.3 Å². The van der Waals surface area contributed by atoms with Crippen molar-refractivity contribution in [2.75, 3.05) is 11.5 Å². The van der Waals surface area contributed by atoms with Crippen molar-refractivity contribution in [3.8, 4) is 5.75 Å². The number of thioether (sulfide) groups is 1. The van der Waals surface area contributed by atoms with Crippen molar-refractivity contribution in [3.63, 3.8) is 0 Å². The van der Waals surface area contributed by atoms with Gasteiger partial charge in [0, 0.05) is 17.4 Å². The van der Waals surface area contributed by atoms with E-state index < -0.39 is 0 Å². The van der Waals surface area contributed by atoms with E-state index in [2.05, 4.69) is 12.2 Å². The number of phenols is 1. The van der Waals surface area contributed by atoms with Gasteiger partial charge in [-0.2, -0.15) is 11.8 Å². The zero-order valence-electron chi connectivity index (χ0n) is 10.5. The third-order valence-electron chi connectivity index (χ3n) is 2.40. The van der Waals surface area contributed by atoms with Gasteiger partial charge in [-0.05, 0) is 43.4 Å². The fourth-order valence-electron chi connectivity index (χ4n) is 1.54. The summed E-state index contributed by atoms with van der Waals surface area (Å²) in [4.78, 5) is 11.9. The van der Waals surface area contributed by atoms with Crippen LogP contribution in [0, 0.1) is 6.92 Å². The number of hydrogen-bond acceptors (Lipinski definition) is 3. The fraction of sp³-hybridized carbons (Fsp3) is 0.462. The molecule has 17 heavy (non-hydrogen) atoms. The molecule has 0 aliphatic carbocycles. The van der Waals surface area contributed by atoms with Crippen LogP contribution >= 0.6 is 11.8 Å². The van der Waals surface area contributed by atoms with Gasteiger partial charge in [-0.1, -0.05) is 6.92 Å². The number of carbonyl (C=O) groups is 1. The molecule has 4 heteroatoms. The van der Waals surface area contributed by atoms with Crippen molar-refractivity contribution in [1.29, 1.82) is 0 Å². The predicted molar refractivity (Wildman–Crippen MR) is 72.8 cm³/mol. The van der Waals surface area contributed by atoms with Gasteiger partial charge in [0.25, 0.3) is 5.91 Å². The lowest BCUT2D eigenvalue weighted by molar-refractivity contribution is 0.0943. The Balaban J connectivity index is 2.63. The molecule has 94 valence electrons. The van der Waals surface area contributed by atoms with E-state index in [1.165, 1.54) is 6.07 Å². The van der Waals surface area contributed by atoms with Gasteiger partial charge in [-0.25, -0.2) is 0 Å². The van der Waals surface area contributed by atoms with Crippen LogP contribution in [0.5, 0.6) is 5.75 Å². The molecular weight excluding hydrogens is 234 g/mol. The average Bonchev–Trinajstić information content (AvgIpc) is 2.26. The Labute approximate surface area is 107 Å². The van der Waals surface area contributed by atoms with Crippen LogP contribution < -0.4 is 5.32 Å². The molecule has 3 nitrogen and oxygen atoms in total. The van der Waals surface area contributed by atoms with Crippen LogP contribution in [0.25, 0.3) is 0 Å². The summed E-state index contributed by atoms with van der Waals surface area (Å²) in [6.45, 7) is 5.92. The van der Waals surface area contributed by atoms with E-state index in [0.717, 1.165) is 17.1 Å². The Morgan fingerprint density at radius 2 is 2.24 bits per heavy atom. The first-order valence-corrected chi connectivity index (χ1v) is 6.88. The molecule has 2 N–H and O–H groups in total. The molecule has 0 aliphatic rings. The zero-order valence-corrected chi connectivity index (χ0v) is 11.3. The van der Waals surface area contributed by atoms with Gasteiger partial charge in [0.2, 0.25) is 0 Å². The molecule has 0 saturated heterocycles. The molecule has 0 radical (unpaired) electrons. The third kappa shape index (κ3) is 4.30. The number of phenolic OH excluding ortho intramolecular Hbond substituents is 1. The number of benzene rings is 1. The van der Waals surface area contributed by atoms with E-state index in [4.69, 9.17) is 0 Å². The van der Waals surface area contributed by atoms with Crippen molar-refractivity contribution in [2.45, 2.75) is 26.8 Å². The van der Waals surface area contributed by atoms with Crippen molar-refractivity contribution in [1.82, 2.24) is 5.32 Å². The minimum Gasteiger partial charge on any atom is -0.508 e. The summed E-state index contributed by atoms with van der Waals surface area (Å²) in [6.07, 6.45) is 0. The van der Waals surface area contributed by atoms with Gasteiger partial charge in [0.15, 0.2) is 0 Å². The second-order valence-electron chi connectivity index (χ2n) is 4.03. The summed E-state index contributed by atoms with van der Waals surface area (Å²) >= 11 is 1.81. The van der Waals surface area contributed by atoms with Gasteiger partial charge in [-0.3, -0.25) is 4.79 Å². The second-order valence-corrected chi connectivity index (χ2v) is 5.35. The minimum atomic E-state index is -0.0771. The lowest BCUT2D eigenvalue weighted by atomic mass is 10.1. The highest BCUT2D eigenvalue weighted by atomic mass is 32.2. The molecule has 0 saturated carbocycles. The Morgan fingerprint density at radius 1 is 1.53 bits per heavy atom. The first-order chi connectivity index (χ1) is 8.04. The quantitative estimate of drug-likeness (QED) is 0.848. The van der Waals surface area contributed by atoms with E-state index in [-0.39, 0.29) is 17.7 Å². The highest BCUT2D eigenvalue weighted by Crippen LogP contribution is 2.15. The van der Waals surface area contributed by atoms with Crippen LogP contribution in [-0.2, 0) is 0 Å². The molecule has 0 bridgehead atoms. The van der Waals surface area contributed by atoms with Gasteiger partial charge in [0.05, 0.1) is 0 Å². The standard InChI is InChI=1S/C13H19NO2S/c1-4-17-8-10(3)14-13(16)12-6-5-11(15)7-9(12)2/h5-7,10,15H,4,8H2,1-3H3,(H,14,16). The van der Waals surface area contributed by atoms with Crippen LogP contribution in [0.15, 0.2) is 18.2 Å². The summed E-state index contributed by atoms with van der Waals surface area (Å²) in [6, 6.07) is 4.94. The Kier molecular flexibility index (Phi) is 5.35. The molecule has 1 rings (SSSR count). The maximum Gasteiger partial charge on any atom is 0.251 e. The number of carbonyl (C=O) groups excluding carboxylic acids is 1. The topological polar surface area (TPSA) is 49.3 Å². The highest BCUT2D eigenvalue weighted by Gasteiger charge is 2.12. The van der Waals surface area contributed by atoms with Gasteiger partial charge in [0.1, 0.15) is 5.75 Å². The lowest BCUT2D eigenvalue weighted by Crippen LogP contribution is -2.34. The van der Waals surface area contributed by atoms with Crippen LogP contribution in [0.4, 0.5) is 0 Å². The smallest absolute Gasteiger partial charge is 0.251 e. The van der Waals surface area contributed by atoms with E-state index >= 15 is 0 Å². The number of aromatic hydroxyl groups is 1. The molecule has 0 aliphatic heterocycles. The Morgan fingerprint density at radius 3 is 2.82 bits per heavy atom. The van der Waals surface area contributed by atoms with E-state index in [1.54, 1.807) is 23.9 Å². The maximum atomic E-state index is 11.9. The molecule has 1 amide bonds. The predicted octanol–water partition coefficient (Wildman–Crippen LogP) is 2.57. The van der Waals surface area contributed by atoms with E-state index in [1.807, 2.05) is 13.8 Å². The fourth-order valence-corrected chi connectivity index (χ4v) is 2.21. The minimum absolute atomic E-state index is 0.0771. The molecular formula is C13H19NO2S. The first-order valence-electron chi connectivity index (χ1n) is 5.72. The maximum absolute atomic E-state index is 11.9. The molecule has 1 aromatic rings. The number of nitrogens with one attached hydrogen (secondary N) is 1. The van der Waals surface area contributed by atoms with Crippen molar-refractivity contribution in [2.24, 2.45) is 0 Å². The first kappa shape index (κ1) is 13.9. The van der Waals surface area contributed by atoms with Crippen molar-refractivity contribution < 1.29 is 9.90 Å². The number of rotatable bonds is 5. The van der Waals surface area contributed by atoms with E-state index in [9.17, 15) is 9.90 Å². The summed E-state index contributed by atoms with van der Waals surface area (Å²) in [5, 5.41) is 12.2. The Hall–Kier alpha value is -1.16. The number of aryl methyl sites for hydroxylation is 1. The average molecular weight is 253 g/mol. The van der Waals surface area contributed by atoms with Crippen LogP contribution in [0.2, 0.25) is 0 Å². The molecule has 0 fully saturated rings. The van der Waals surface area contributed by atoms with Crippen LogP contribution in [0.3, 0.4) is 0 Å². The normalized spacial score (nSPS) is 12.2. The SMILES string of the molecule is CCSCC(C)NC(=O)c1ccc(O)cc1C. The molecule has 1 atom stereocenters. The van der Waals surface area contributed by atoms with Gasteiger partial charge < -0.3 is 10.4 Å². The van der Waals surface area contributed by atoms with Gasteiger partial charge >= 0.3 is 0 Å². The summed E-state index contributed by atoms with van der Waals surface area (Å²) < 4.78 is 0. The number of amides is 1. The van der Waals surface area contributed by atoms with E-state index in [0.29, 0.717) is 5.56 Å². The monoisotopic (exact) mass is 253 g/mol.